The fraction of sp³-hybridized carbons (Fsp3) is 0.643. The van der Waals surface area contributed by atoms with Crippen molar-refractivity contribution in [3.8, 4) is 0 Å². The first-order chi connectivity index (χ1) is 10.3. The molecule has 3 rings (SSSR count). The van der Waals surface area contributed by atoms with Gasteiger partial charge in [0.05, 0.1) is 19.5 Å². The molecular weight excluding hydrogens is 288 g/mol. The van der Waals surface area contributed by atoms with Gasteiger partial charge in [-0.2, -0.15) is 0 Å². The molecule has 2 aliphatic heterocycles. The fourth-order valence-electron chi connectivity index (χ4n) is 2.77. The number of aryl methyl sites for hydroxylation is 1. The normalized spacial score (nSPS) is 24.6. The number of rotatable bonds is 2. The molecule has 8 nitrogen and oxygen atoms in total. The van der Waals surface area contributed by atoms with Gasteiger partial charge in [0.15, 0.2) is 17.3 Å². The summed E-state index contributed by atoms with van der Waals surface area (Å²) in [6.07, 6.45) is 1.29. The van der Waals surface area contributed by atoms with Gasteiger partial charge in [-0.1, -0.05) is 0 Å². The lowest BCUT2D eigenvalue weighted by molar-refractivity contribution is -0.140. The van der Waals surface area contributed by atoms with Crippen LogP contribution < -0.4 is 4.90 Å². The monoisotopic (exact) mass is 308 g/mol. The first-order valence-electron chi connectivity index (χ1n) is 7.17. The van der Waals surface area contributed by atoms with Crippen molar-refractivity contribution >= 4 is 17.6 Å². The lowest BCUT2D eigenvalue weighted by atomic mass is 10.3. The first-order valence-corrected chi connectivity index (χ1v) is 7.17. The van der Waals surface area contributed by atoms with E-state index in [1.54, 1.807) is 18.7 Å². The summed E-state index contributed by atoms with van der Waals surface area (Å²) in [5, 5.41) is 0. The van der Waals surface area contributed by atoms with E-state index in [2.05, 4.69) is 4.98 Å². The predicted octanol–water partition coefficient (Wildman–Crippen LogP) is -0.00980. The number of hydrogen-bond donors (Lipinski definition) is 0. The van der Waals surface area contributed by atoms with Crippen LogP contribution in [0.25, 0.3) is 0 Å². The van der Waals surface area contributed by atoms with Crippen LogP contribution in [0, 0.1) is 0 Å². The Morgan fingerprint density at radius 2 is 2.09 bits per heavy atom. The zero-order valence-corrected chi connectivity index (χ0v) is 13.2. The maximum Gasteiger partial charge on any atom is 0.274 e. The SMILES string of the molecule is CN1C(=O)CN(CC2COC(C)(C)O2)C(=O)c2c1ncn2C. The number of fused-ring (bicyclic) bond motifs is 1. The van der Waals surface area contributed by atoms with Crippen molar-refractivity contribution in [2.24, 2.45) is 7.05 Å². The topological polar surface area (TPSA) is 76.9 Å². The van der Waals surface area contributed by atoms with E-state index in [4.69, 9.17) is 9.47 Å². The second kappa shape index (κ2) is 5.06. The second-order valence-electron chi connectivity index (χ2n) is 6.12. The van der Waals surface area contributed by atoms with E-state index >= 15 is 0 Å². The third-order valence-corrected chi connectivity index (χ3v) is 3.92. The molecule has 0 aliphatic carbocycles. The third kappa shape index (κ3) is 2.48. The van der Waals surface area contributed by atoms with Gasteiger partial charge in [-0.3, -0.25) is 14.5 Å². The van der Waals surface area contributed by atoms with E-state index < -0.39 is 5.79 Å². The van der Waals surface area contributed by atoms with Crippen LogP contribution in [0.15, 0.2) is 6.33 Å². The molecular formula is C14H20N4O4. The highest BCUT2D eigenvalue weighted by molar-refractivity contribution is 6.07. The largest absolute Gasteiger partial charge is 0.348 e. The van der Waals surface area contributed by atoms with E-state index in [1.807, 2.05) is 13.8 Å². The minimum atomic E-state index is -0.655. The Morgan fingerprint density at radius 3 is 2.73 bits per heavy atom. The molecule has 0 saturated carbocycles. The molecule has 1 unspecified atom stereocenters. The van der Waals surface area contributed by atoms with Crippen molar-refractivity contribution in [3.05, 3.63) is 12.0 Å². The highest BCUT2D eigenvalue weighted by atomic mass is 16.7. The standard InChI is InChI=1S/C14H20N4O4/c1-14(2)21-7-9(22-14)5-18-6-10(19)17(4)12-11(13(18)20)16(3)8-15-12/h8-9H,5-7H2,1-4H3. The van der Waals surface area contributed by atoms with Crippen molar-refractivity contribution in [1.29, 1.82) is 0 Å². The van der Waals surface area contributed by atoms with E-state index in [0.29, 0.717) is 24.7 Å². The molecule has 1 aromatic heterocycles. The van der Waals surface area contributed by atoms with Crippen molar-refractivity contribution < 1.29 is 19.1 Å². The molecule has 22 heavy (non-hydrogen) atoms. The molecule has 2 aliphatic rings. The van der Waals surface area contributed by atoms with E-state index in [1.165, 1.54) is 16.1 Å². The molecule has 0 radical (unpaired) electrons. The lowest BCUT2D eigenvalue weighted by Gasteiger charge is -2.24. The number of hydrogen-bond acceptors (Lipinski definition) is 5. The van der Waals surface area contributed by atoms with Crippen LogP contribution in [0.2, 0.25) is 0 Å². The summed E-state index contributed by atoms with van der Waals surface area (Å²) in [5.41, 5.74) is 0.409. The summed E-state index contributed by atoms with van der Waals surface area (Å²) in [5.74, 6) is -0.660. The van der Waals surface area contributed by atoms with Gasteiger partial charge in [0.1, 0.15) is 12.6 Å². The fourth-order valence-corrected chi connectivity index (χ4v) is 2.77. The average molecular weight is 308 g/mol. The van der Waals surface area contributed by atoms with E-state index in [0.717, 1.165) is 0 Å². The number of likely N-dealkylation sites (N-methyl/N-ethyl adjacent to an activating group) is 1. The number of amides is 2. The van der Waals surface area contributed by atoms with Crippen molar-refractivity contribution in [2.75, 3.05) is 31.6 Å². The van der Waals surface area contributed by atoms with Gasteiger partial charge in [-0.05, 0) is 13.8 Å². The Bertz CT molecular complexity index is 624. The minimum Gasteiger partial charge on any atom is -0.348 e. The zero-order chi connectivity index (χ0) is 16.1. The molecule has 1 aromatic rings. The van der Waals surface area contributed by atoms with Crippen molar-refractivity contribution in [2.45, 2.75) is 25.7 Å². The van der Waals surface area contributed by atoms with Crippen molar-refractivity contribution in [3.63, 3.8) is 0 Å². The second-order valence-corrected chi connectivity index (χ2v) is 6.12. The highest BCUT2D eigenvalue weighted by Gasteiger charge is 2.38. The smallest absolute Gasteiger partial charge is 0.274 e. The third-order valence-electron chi connectivity index (χ3n) is 3.92. The van der Waals surface area contributed by atoms with Gasteiger partial charge >= 0.3 is 0 Å². The zero-order valence-electron chi connectivity index (χ0n) is 13.2. The Hall–Kier alpha value is -1.93. The number of anilines is 1. The van der Waals surface area contributed by atoms with Crippen LogP contribution in [-0.2, 0) is 21.3 Å². The van der Waals surface area contributed by atoms with Gasteiger partial charge in [0.2, 0.25) is 5.91 Å². The maximum absolute atomic E-state index is 12.7. The maximum atomic E-state index is 12.7. The molecule has 0 bridgehead atoms. The van der Waals surface area contributed by atoms with E-state index in [9.17, 15) is 9.59 Å². The molecule has 3 heterocycles. The van der Waals surface area contributed by atoms with Gasteiger partial charge < -0.3 is 18.9 Å². The van der Waals surface area contributed by atoms with Gasteiger partial charge in [0, 0.05) is 14.1 Å². The summed E-state index contributed by atoms with van der Waals surface area (Å²) in [6, 6.07) is 0. The highest BCUT2D eigenvalue weighted by Crippen LogP contribution is 2.26. The summed E-state index contributed by atoms with van der Waals surface area (Å²) in [4.78, 5) is 32.1. The molecule has 8 heteroatoms. The van der Waals surface area contributed by atoms with Crippen LogP contribution in [0.3, 0.4) is 0 Å². The quantitative estimate of drug-likeness (QED) is 0.768. The molecule has 0 N–H and O–H groups in total. The summed E-state index contributed by atoms with van der Waals surface area (Å²) >= 11 is 0. The molecule has 0 spiro atoms. The molecule has 1 atom stereocenters. The van der Waals surface area contributed by atoms with Crippen LogP contribution in [0.5, 0.6) is 0 Å². The Kier molecular flexibility index (Phi) is 3.45. The minimum absolute atomic E-state index is 0.00593. The molecule has 2 amide bonds. The van der Waals surface area contributed by atoms with Crippen LogP contribution in [-0.4, -0.2) is 64.9 Å². The Balaban J connectivity index is 1.85. The molecule has 1 saturated heterocycles. The van der Waals surface area contributed by atoms with Crippen LogP contribution in [0.4, 0.5) is 5.82 Å². The van der Waals surface area contributed by atoms with E-state index in [-0.39, 0.29) is 24.5 Å². The molecule has 1 fully saturated rings. The lowest BCUT2D eigenvalue weighted by Crippen LogP contribution is -2.43. The summed E-state index contributed by atoms with van der Waals surface area (Å²) < 4.78 is 12.9. The summed E-state index contributed by atoms with van der Waals surface area (Å²) in [6.45, 7) is 4.38. The number of ether oxygens (including phenoxy) is 2. The molecule has 120 valence electrons. The van der Waals surface area contributed by atoms with Gasteiger partial charge in [-0.15, -0.1) is 0 Å². The number of carbonyl (C=O) groups excluding carboxylic acids is 2. The van der Waals surface area contributed by atoms with Crippen LogP contribution in [0.1, 0.15) is 24.3 Å². The summed E-state index contributed by atoms with van der Waals surface area (Å²) in [7, 11) is 3.37. The number of carbonyl (C=O) groups is 2. The van der Waals surface area contributed by atoms with Gasteiger partial charge in [-0.25, -0.2) is 4.98 Å². The predicted molar refractivity (Wildman–Crippen MR) is 77.4 cm³/mol. The number of aromatic nitrogens is 2. The van der Waals surface area contributed by atoms with Gasteiger partial charge in [0.25, 0.3) is 5.91 Å². The number of nitrogens with zero attached hydrogens (tertiary/aromatic N) is 4. The Labute approximate surface area is 128 Å². The van der Waals surface area contributed by atoms with Crippen LogP contribution >= 0.6 is 0 Å². The average Bonchev–Trinajstić information content (AvgIpc) is 2.96. The molecule has 0 aromatic carbocycles. The number of imidazole rings is 1. The van der Waals surface area contributed by atoms with Crippen molar-refractivity contribution in [1.82, 2.24) is 14.5 Å². The first kappa shape index (κ1) is 15.0. The Morgan fingerprint density at radius 1 is 1.36 bits per heavy atom.